The van der Waals surface area contributed by atoms with Crippen LogP contribution in [-0.4, -0.2) is 40.6 Å². The molecule has 0 saturated carbocycles. The highest BCUT2D eigenvalue weighted by molar-refractivity contribution is 14.1. The van der Waals surface area contributed by atoms with Crippen LogP contribution in [0.5, 0.6) is 0 Å². The summed E-state index contributed by atoms with van der Waals surface area (Å²) in [5, 5.41) is 14.1. The fourth-order valence-corrected chi connectivity index (χ4v) is 5.55. The number of rotatable bonds is 4. The maximum absolute atomic E-state index is 12.6. The summed E-state index contributed by atoms with van der Waals surface area (Å²) >= 11 is 5.33. The number of hydrogen-bond acceptors (Lipinski definition) is 7. The zero-order valence-electron chi connectivity index (χ0n) is 12.4. The Bertz CT molecular complexity index is 900. The second-order valence-corrected chi connectivity index (χ2v) is 8.00. The first-order valence-electron chi connectivity index (χ1n) is 6.99. The number of hydrogen-bond donors (Lipinski definition) is 1. The van der Waals surface area contributed by atoms with Crippen LogP contribution in [0.1, 0.15) is 10.5 Å². The number of non-ortho nitro benzene ring substituents is 1. The summed E-state index contributed by atoms with van der Waals surface area (Å²) in [5.41, 5.74) is -0.0136. The minimum absolute atomic E-state index is 0.0956. The summed E-state index contributed by atoms with van der Waals surface area (Å²) in [7, 11) is 0. The van der Waals surface area contributed by atoms with Gasteiger partial charge in [0, 0.05) is 34.2 Å². The van der Waals surface area contributed by atoms with Crippen LogP contribution in [-0.2, 0) is 4.79 Å². The van der Waals surface area contributed by atoms with E-state index in [9.17, 15) is 19.7 Å². The van der Waals surface area contributed by atoms with Crippen LogP contribution in [0.15, 0.2) is 30.5 Å². The number of nitrogens with zero attached hydrogens (tertiary/aromatic N) is 3. The molecule has 0 radical (unpaired) electrons. The van der Waals surface area contributed by atoms with Gasteiger partial charge in [-0.1, -0.05) is 22.6 Å². The number of alkyl halides is 1. The zero-order chi connectivity index (χ0) is 18.1. The normalized spacial score (nSPS) is 20.1. The standard InChI is InChI=1S/C14H10I2N4O4S/c15-6-9-13(10(21)3-4-19(9)16)17-14(22)12-8-5-7(20(23)24)1-2-11(8)25-18-12/h1-5,9,13H,6H2,(H,17,22). The van der Waals surface area contributed by atoms with Crippen molar-refractivity contribution in [3.05, 3.63) is 46.3 Å². The third-order valence-corrected chi connectivity index (χ3v) is 6.48. The van der Waals surface area contributed by atoms with Crippen molar-refractivity contribution in [2.75, 3.05) is 4.43 Å². The van der Waals surface area contributed by atoms with E-state index in [0.717, 1.165) is 11.5 Å². The summed E-state index contributed by atoms with van der Waals surface area (Å²) in [6.45, 7) is 0. The van der Waals surface area contributed by atoms with Gasteiger partial charge in [0.2, 0.25) is 0 Å². The first-order valence-corrected chi connectivity index (χ1v) is 10.3. The molecule has 0 bridgehead atoms. The Balaban J connectivity index is 1.92. The first-order chi connectivity index (χ1) is 11.9. The molecular weight excluding hydrogens is 574 g/mol. The zero-order valence-corrected chi connectivity index (χ0v) is 17.5. The molecule has 130 valence electrons. The lowest BCUT2D eigenvalue weighted by molar-refractivity contribution is -0.384. The summed E-state index contributed by atoms with van der Waals surface area (Å²) in [6.07, 6.45) is 3.10. The van der Waals surface area contributed by atoms with Crippen molar-refractivity contribution in [2.45, 2.75) is 12.1 Å². The van der Waals surface area contributed by atoms with Gasteiger partial charge in [0.1, 0.15) is 11.7 Å². The average molecular weight is 584 g/mol. The van der Waals surface area contributed by atoms with Gasteiger partial charge in [-0.15, -0.1) is 0 Å². The summed E-state index contributed by atoms with van der Waals surface area (Å²) in [4.78, 5) is 35.3. The molecule has 1 amide bonds. The van der Waals surface area contributed by atoms with E-state index in [1.807, 2.05) is 3.11 Å². The van der Waals surface area contributed by atoms with E-state index in [1.54, 1.807) is 12.3 Å². The van der Waals surface area contributed by atoms with Crippen molar-refractivity contribution in [1.82, 2.24) is 12.8 Å². The number of aromatic nitrogens is 1. The van der Waals surface area contributed by atoms with E-state index in [-0.39, 0.29) is 23.2 Å². The average Bonchev–Trinajstić information content (AvgIpc) is 3.01. The number of ketones is 1. The van der Waals surface area contributed by atoms with E-state index in [0.29, 0.717) is 14.5 Å². The highest BCUT2D eigenvalue weighted by atomic mass is 127. The molecule has 1 aromatic carbocycles. The SMILES string of the molecule is O=C(NC1C(=O)C=CN(I)C1CI)c1nsc2ccc([N+](=O)[O-])cc12. The molecular formula is C14H10I2N4O4S. The maximum Gasteiger partial charge on any atom is 0.272 e. The number of amides is 1. The van der Waals surface area contributed by atoms with E-state index in [1.165, 1.54) is 18.2 Å². The molecule has 25 heavy (non-hydrogen) atoms. The number of carbonyl (C=O) groups is 2. The van der Waals surface area contributed by atoms with Crippen molar-refractivity contribution in [3.63, 3.8) is 0 Å². The van der Waals surface area contributed by atoms with Crippen LogP contribution in [0.3, 0.4) is 0 Å². The van der Waals surface area contributed by atoms with Gasteiger partial charge >= 0.3 is 0 Å². The molecule has 1 aromatic heterocycles. The Kier molecular flexibility index (Phi) is 5.52. The van der Waals surface area contributed by atoms with Crippen molar-refractivity contribution in [1.29, 1.82) is 0 Å². The predicted octanol–water partition coefficient (Wildman–Crippen LogP) is 2.85. The van der Waals surface area contributed by atoms with E-state index >= 15 is 0 Å². The number of fused-ring (bicyclic) bond motifs is 1. The van der Waals surface area contributed by atoms with Crippen molar-refractivity contribution < 1.29 is 14.5 Å². The lowest BCUT2D eigenvalue weighted by Gasteiger charge is -2.33. The Morgan fingerprint density at radius 2 is 2.24 bits per heavy atom. The van der Waals surface area contributed by atoms with Gasteiger partial charge in [-0.3, -0.25) is 19.7 Å². The fourth-order valence-electron chi connectivity index (χ4n) is 2.43. The van der Waals surface area contributed by atoms with E-state index in [2.05, 4.69) is 55.1 Å². The summed E-state index contributed by atoms with van der Waals surface area (Å²) in [6, 6.07) is 3.40. The molecule has 2 heterocycles. The number of nitro groups is 1. The molecule has 2 aromatic rings. The van der Waals surface area contributed by atoms with Crippen LogP contribution in [0.2, 0.25) is 0 Å². The van der Waals surface area contributed by atoms with Gasteiger partial charge in [0.05, 0.1) is 38.5 Å². The molecule has 0 spiro atoms. The van der Waals surface area contributed by atoms with Crippen molar-refractivity contribution in [3.8, 4) is 0 Å². The molecule has 1 aliphatic rings. The summed E-state index contributed by atoms with van der Waals surface area (Å²) in [5.74, 6) is -0.700. The number of nitrogens with one attached hydrogen (secondary N) is 1. The van der Waals surface area contributed by atoms with Crippen molar-refractivity contribution in [2.24, 2.45) is 0 Å². The molecule has 3 rings (SSSR count). The third-order valence-electron chi connectivity index (χ3n) is 3.71. The van der Waals surface area contributed by atoms with Gasteiger partial charge in [0.25, 0.3) is 11.6 Å². The Labute approximate surface area is 173 Å². The van der Waals surface area contributed by atoms with Crippen LogP contribution < -0.4 is 5.32 Å². The highest BCUT2D eigenvalue weighted by Gasteiger charge is 2.34. The Morgan fingerprint density at radius 1 is 1.48 bits per heavy atom. The molecule has 0 fully saturated rings. The molecule has 8 nitrogen and oxygen atoms in total. The Hall–Kier alpha value is -1.35. The van der Waals surface area contributed by atoms with E-state index in [4.69, 9.17) is 0 Å². The fraction of sp³-hybridized carbons (Fsp3) is 0.214. The van der Waals surface area contributed by atoms with Gasteiger partial charge in [-0.25, -0.2) is 0 Å². The van der Waals surface area contributed by atoms with Crippen LogP contribution >= 0.6 is 57.0 Å². The predicted molar refractivity (Wildman–Crippen MR) is 110 cm³/mol. The highest BCUT2D eigenvalue weighted by Crippen LogP contribution is 2.27. The minimum atomic E-state index is -0.693. The number of benzene rings is 1. The quantitative estimate of drug-likeness (QED) is 0.195. The number of halogens is 2. The molecule has 0 saturated heterocycles. The van der Waals surface area contributed by atoms with Crippen LogP contribution in [0.25, 0.3) is 10.1 Å². The summed E-state index contributed by atoms with van der Waals surface area (Å²) < 4.78 is 7.28. The van der Waals surface area contributed by atoms with Gasteiger partial charge in [-0.2, -0.15) is 4.37 Å². The largest absolute Gasteiger partial charge is 0.338 e. The smallest absolute Gasteiger partial charge is 0.272 e. The Morgan fingerprint density at radius 3 is 2.92 bits per heavy atom. The number of carbonyl (C=O) groups excluding carboxylic acids is 2. The molecule has 2 unspecified atom stereocenters. The van der Waals surface area contributed by atoms with Crippen molar-refractivity contribution >= 4 is 84.5 Å². The first kappa shape index (κ1) is 18.4. The lowest BCUT2D eigenvalue weighted by atomic mass is 10.0. The van der Waals surface area contributed by atoms with Crippen LogP contribution in [0.4, 0.5) is 5.69 Å². The molecule has 1 aliphatic heterocycles. The second-order valence-electron chi connectivity index (χ2n) is 5.20. The molecule has 1 N–H and O–H groups in total. The van der Waals surface area contributed by atoms with Gasteiger partial charge in [0.15, 0.2) is 5.78 Å². The lowest BCUT2D eigenvalue weighted by Crippen LogP contribution is -2.54. The molecule has 11 heteroatoms. The van der Waals surface area contributed by atoms with Crippen LogP contribution in [0, 0.1) is 10.1 Å². The van der Waals surface area contributed by atoms with Gasteiger partial charge in [-0.05, 0) is 17.6 Å². The van der Waals surface area contributed by atoms with Gasteiger partial charge < -0.3 is 8.43 Å². The monoisotopic (exact) mass is 584 g/mol. The third kappa shape index (κ3) is 3.62. The molecule has 0 aliphatic carbocycles. The maximum atomic E-state index is 12.6. The minimum Gasteiger partial charge on any atom is -0.338 e. The number of nitro benzene ring substituents is 1. The topological polar surface area (TPSA) is 105 Å². The molecule has 2 atom stereocenters. The second kappa shape index (κ2) is 7.49. The van der Waals surface area contributed by atoms with E-state index < -0.39 is 16.9 Å².